The molecule has 102 valence electrons. The fourth-order valence-electron chi connectivity index (χ4n) is 2.42. The standard InChI is InChI=1S/C15H17BrO3/c16-8-7-11-10-18-15-12(11)4-3-5-13(15)19-14-6-1-2-9-17-14/h3-5,10,14H,1-2,6-9H2. The fraction of sp³-hybridized carbons (Fsp3) is 0.467. The normalized spacial score (nSPS) is 19.7. The Labute approximate surface area is 121 Å². The summed E-state index contributed by atoms with van der Waals surface area (Å²) in [6.07, 6.45) is 5.87. The lowest BCUT2D eigenvalue weighted by Gasteiger charge is -2.23. The molecule has 4 heteroatoms. The Morgan fingerprint density at radius 2 is 2.26 bits per heavy atom. The van der Waals surface area contributed by atoms with Crippen LogP contribution in [0.3, 0.4) is 0 Å². The first-order chi connectivity index (χ1) is 9.38. The molecule has 1 unspecified atom stereocenters. The molecule has 19 heavy (non-hydrogen) atoms. The van der Waals surface area contributed by atoms with E-state index >= 15 is 0 Å². The van der Waals surface area contributed by atoms with E-state index in [-0.39, 0.29) is 6.29 Å². The van der Waals surface area contributed by atoms with Crippen molar-refractivity contribution in [3.8, 4) is 5.75 Å². The van der Waals surface area contributed by atoms with Crippen LogP contribution in [0.15, 0.2) is 28.9 Å². The van der Waals surface area contributed by atoms with E-state index in [0.29, 0.717) is 0 Å². The minimum Gasteiger partial charge on any atom is -0.461 e. The molecular formula is C15H17BrO3. The Bertz CT molecular complexity index is 543. The number of hydrogen-bond donors (Lipinski definition) is 0. The maximum Gasteiger partial charge on any atom is 0.200 e. The van der Waals surface area contributed by atoms with Gasteiger partial charge in [-0.3, -0.25) is 0 Å². The van der Waals surface area contributed by atoms with Gasteiger partial charge in [-0.1, -0.05) is 28.1 Å². The summed E-state index contributed by atoms with van der Waals surface area (Å²) in [5.74, 6) is 0.783. The molecule has 0 bridgehead atoms. The Morgan fingerprint density at radius 1 is 1.32 bits per heavy atom. The molecule has 0 aliphatic carbocycles. The highest BCUT2D eigenvalue weighted by Crippen LogP contribution is 2.31. The van der Waals surface area contributed by atoms with Crippen LogP contribution in [0.25, 0.3) is 11.0 Å². The smallest absolute Gasteiger partial charge is 0.200 e. The number of hydrogen-bond acceptors (Lipinski definition) is 3. The third kappa shape index (κ3) is 2.79. The third-order valence-electron chi connectivity index (χ3n) is 3.40. The monoisotopic (exact) mass is 324 g/mol. The van der Waals surface area contributed by atoms with Crippen molar-refractivity contribution in [2.24, 2.45) is 0 Å². The zero-order valence-corrected chi connectivity index (χ0v) is 12.3. The number of rotatable bonds is 4. The molecule has 0 spiro atoms. The zero-order valence-electron chi connectivity index (χ0n) is 10.7. The molecule has 3 rings (SSSR count). The summed E-state index contributed by atoms with van der Waals surface area (Å²) >= 11 is 3.46. The van der Waals surface area contributed by atoms with Crippen molar-refractivity contribution in [1.29, 1.82) is 0 Å². The number of para-hydroxylation sites is 1. The molecule has 2 heterocycles. The molecule has 2 aromatic rings. The van der Waals surface area contributed by atoms with E-state index in [0.717, 1.165) is 54.3 Å². The molecule has 0 saturated carbocycles. The van der Waals surface area contributed by atoms with Crippen LogP contribution in [0, 0.1) is 0 Å². The number of furan rings is 1. The molecule has 1 aromatic carbocycles. The summed E-state index contributed by atoms with van der Waals surface area (Å²) in [5, 5.41) is 2.06. The lowest BCUT2D eigenvalue weighted by Crippen LogP contribution is -2.24. The second kappa shape index (κ2) is 5.97. The first-order valence-corrected chi connectivity index (χ1v) is 7.84. The van der Waals surface area contributed by atoms with Crippen LogP contribution in [-0.2, 0) is 11.2 Å². The van der Waals surface area contributed by atoms with Crippen molar-refractivity contribution in [2.75, 3.05) is 11.9 Å². The second-order valence-electron chi connectivity index (χ2n) is 4.75. The summed E-state index contributed by atoms with van der Waals surface area (Å²) < 4.78 is 17.2. The predicted octanol–water partition coefficient (Wildman–Crippen LogP) is 4.28. The van der Waals surface area contributed by atoms with Gasteiger partial charge in [0.25, 0.3) is 0 Å². The van der Waals surface area contributed by atoms with Gasteiger partial charge in [-0.15, -0.1) is 0 Å². The fourth-order valence-corrected chi connectivity index (χ4v) is 2.84. The maximum absolute atomic E-state index is 5.93. The molecule has 1 aromatic heterocycles. The number of benzene rings is 1. The highest BCUT2D eigenvalue weighted by atomic mass is 79.9. The lowest BCUT2D eigenvalue weighted by molar-refractivity contribution is -0.105. The Kier molecular flexibility index (Phi) is 4.09. The number of alkyl halides is 1. The number of aryl methyl sites for hydroxylation is 1. The van der Waals surface area contributed by atoms with Crippen LogP contribution < -0.4 is 4.74 Å². The van der Waals surface area contributed by atoms with Gasteiger partial charge in [-0.2, -0.15) is 0 Å². The summed E-state index contributed by atoms with van der Waals surface area (Å²) in [7, 11) is 0. The average molecular weight is 325 g/mol. The van der Waals surface area contributed by atoms with Crippen molar-refractivity contribution >= 4 is 26.9 Å². The quantitative estimate of drug-likeness (QED) is 0.787. The summed E-state index contributed by atoms with van der Waals surface area (Å²) in [4.78, 5) is 0. The summed E-state index contributed by atoms with van der Waals surface area (Å²) in [6.45, 7) is 0.785. The topological polar surface area (TPSA) is 31.6 Å². The molecular weight excluding hydrogens is 308 g/mol. The Balaban J connectivity index is 1.86. The summed E-state index contributed by atoms with van der Waals surface area (Å²) in [5.41, 5.74) is 2.04. The van der Waals surface area contributed by atoms with E-state index in [9.17, 15) is 0 Å². The van der Waals surface area contributed by atoms with Gasteiger partial charge in [0.15, 0.2) is 17.6 Å². The number of fused-ring (bicyclic) bond motifs is 1. The Morgan fingerprint density at radius 3 is 3.05 bits per heavy atom. The van der Waals surface area contributed by atoms with Crippen molar-refractivity contribution < 1.29 is 13.9 Å². The van der Waals surface area contributed by atoms with Crippen LogP contribution in [0.2, 0.25) is 0 Å². The van der Waals surface area contributed by atoms with E-state index in [1.165, 1.54) is 5.56 Å². The number of halogens is 1. The predicted molar refractivity (Wildman–Crippen MR) is 77.9 cm³/mol. The van der Waals surface area contributed by atoms with E-state index in [4.69, 9.17) is 13.9 Å². The van der Waals surface area contributed by atoms with Gasteiger partial charge in [-0.25, -0.2) is 0 Å². The van der Waals surface area contributed by atoms with Gasteiger partial charge >= 0.3 is 0 Å². The highest BCUT2D eigenvalue weighted by molar-refractivity contribution is 9.09. The van der Waals surface area contributed by atoms with Crippen molar-refractivity contribution in [3.05, 3.63) is 30.0 Å². The minimum absolute atomic E-state index is 0.135. The largest absolute Gasteiger partial charge is 0.461 e. The van der Waals surface area contributed by atoms with E-state index in [2.05, 4.69) is 22.0 Å². The Hall–Kier alpha value is -1.00. The van der Waals surface area contributed by atoms with Crippen LogP contribution in [-0.4, -0.2) is 18.2 Å². The second-order valence-corrected chi connectivity index (χ2v) is 5.54. The molecule has 3 nitrogen and oxygen atoms in total. The molecule has 1 aliphatic heterocycles. The highest BCUT2D eigenvalue weighted by Gasteiger charge is 2.18. The first-order valence-electron chi connectivity index (χ1n) is 6.72. The molecule has 1 atom stereocenters. The van der Waals surface area contributed by atoms with Crippen molar-refractivity contribution in [2.45, 2.75) is 32.0 Å². The minimum atomic E-state index is -0.135. The van der Waals surface area contributed by atoms with Crippen LogP contribution in [0.5, 0.6) is 5.75 Å². The van der Waals surface area contributed by atoms with Gasteiger partial charge < -0.3 is 13.9 Å². The third-order valence-corrected chi connectivity index (χ3v) is 3.80. The van der Waals surface area contributed by atoms with Gasteiger partial charge in [0.05, 0.1) is 12.9 Å². The van der Waals surface area contributed by atoms with Crippen molar-refractivity contribution in [1.82, 2.24) is 0 Å². The lowest BCUT2D eigenvalue weighted by atomic mass is 10.1. The summed E-state index contributed by atoms with van der Waals surface area (Å²) in [6, 6.07) is 6.03. The number of ether oxygens (including phenoxy) is 2. The van der Waals surface area contributed by atoms with Crippen molar-refractivity contribution in [3.63, 3.8) is 0 Å². The zero-order chi connectivity index (χ0) is 13.1. The molecule has 0 amide bonds. The van der Waals surface area contributed by atoms with Gasteiger partial charge in [-0.05, 0) is 30.9 Å². The van der Waals surface area contributed by atoms with Gasteiger partial charge in [0, 0.05) is 17.1 Å². The molecule has 0 radical (unpaired) electrons. The van der Waals surface area contributed by atoms with Gasteiger partial charge in [0.1, 0.15) is 0 Å². The van der Waals surface area contributed by atoms with Crippen LogP contribution >= 0.6 is 15.9 Å². The van der Waals surface area contributed by atoms with Gasteiger partial charge in [0.2, 0.25) is 0 Å². The average Bonchev–Trinajstić information content (AvgIpc) is 2.85. The van der Waals surface area contributed by atoms with E-state index in [1.54, 1.807) is 0 Å². The SMILES string of the molecule is BrCCc1coc2c(OC3CCCCO3)cccc12. The molecule has 0 N–H and O–H groups in total. The van der Waals surface area contributed by atoms with Crippen LogP contribution in [0.1, 0.15) is 24.8 Å². The first kappa shape index (κ1) is 13.0. The van der Waals surface area contributed by atoms with E-state index in [1.807, 2.05) is 18.4 Å². The van der Waals surface area contributed by atoms with E-state index < -0.39 is 0 Å². The molecule has 1 fully saturated rings. The maximum atomic E-state index is 5.93. The van der Waals surface area contributed by atoms with Crippen LogP contribution in [0.4, 0.5) is 0 Å². The molecule has 1 saturated heterocycles. The molecule has 1 aliphatic rings.